The summed E-state index contributed by atoms with van der Waals surface area (Å²) in [6.45, 7) is 5.79. The summed E-state index contributed by atoms with van der Waals surface area (Å²) < 4.78 is 0. The molecule has 0 aliphatic heterocycles. The zero-order chi connectivity index (χ0) is 30.0. The third-order valence-electron chi connectivity index (χ3n) is 6.72. The summed E-state index contributed by atoms with van der Waals surface area (Å²) in [6.07, 6.45) is 1.43. The molecule has 0 bridgehead atoms. The summed E-state index contributed by atoms with van der Waals surface area (Å²) >= 11 is 0. The number of hydrogen-bond acceptors (Lipinski definition) is 10. The summed E-state index contributed by atoms with van der Waals surface area (Å²) in [5, 5.41) is 50.3. The van der Waals surface area contributed by atoms with Crippen molar-refractivity contribution < 1.29 is 29.3 Å². The number of rotatable bonds is 9. The number of nitrogens with one attached hydrogen (secondary N) is 2. The minimum atomic E-state index is -0.879. The van der Waals surface area contributed by atoms with Crippen molar-refractivity contribution in [1.82, 2.24) is 10.6 Å². The SMILES string of the molecule is CC1(C)C[C@@H](NC(=O)c2ccc([N+](=O)[O-])cc2[N+](=O)[O-])C[C@](C)(CNC(=O)c2ccc([N+](=O)[O-])cc2[N+](=O)[O-])C1. The highest BCUT2D eigenvalue weighted by Gasteiger charge is 2.42. The molecule has 16 heteroatoms. The van der Waals surface area contributed by atoms with E-state index in [-0.39, 0.29) is 23.1 Å². The normalized spacial score (nSPS) is 19.7. The van der Waals surface area contributed by atoms with Gasteiger partial charge in [0.25, 0.3) is 34.6 Å². The highest BCUT2D eigenvalue weighted by atomic mass is 16.6. The van der Waals surface area contributed by atoms with Gasteiger partial charge < -0.3 is 10.6 Å². The molecule has 2 aromatic carbocycles. The average Bonchev–Trinajstić information content (AvgIpc) is 2.85. The molecule has 0 saturated heterocycles. The molecule has 2 N–H and O–H groups in total. The zero-order valence-electron chi connectivity index (χ0n) is 21.7. The Morgan fingerprint density at radius 2 is 1.25 bits per heavy atom. The van der Waals surface area contributed by atoms with E-state index in [0.29, 0.717) is 25.3 Å². The number of benzene rings is 2. The van der Waals surface area contributed by atoms with Gasteiger partial charge in [-0.3, -0.25) is 50.0 Å². The van der Waals surface area contributed by atoms with Crippen LogP contribution in [0.25, 0.3) is 0 Å². The second-order valence-corrected chi connectivity index (χ2v) is 10.8. The molecule has 2 atom stereocenters. The largest absolute Gasteiger partial charge is 0.351 e. The van der Waals surface area contributed by atoms with Crippen molar-refractivity contribution in [2.45, 2.75) is 46.1 Å². The Morgan fingerprint density at radius 1 is 0.775 bits per heavy atom. The van der Waals surface area contributed by atoms with Crippen molar-refractivity contribution in [3.8, 4) is 0 Å². The van der Waals surface area contributed by atoms with Crippen LogP contribution in [0.5, 0.6) is 0 Å². The molecule has 1 aliphatic carbocycles. The topological polar surface area (TPSA) is 231 Å². The van der Waals surface area contributed by atoms with Crippen molar-refractivity contribution >= 4 is 34.6 Å². The number of hydrogen-bond donors (Lipinski definition) is 2. The quantitative estimate of drug-likeness (QED) is 0.331. The lowest BCUT2D eigenvalue weighted by Gasteiger charge is -2.47. The van der Waals surface area contributed by atoms with Gasteiger partial charge in [0.05, 0.1) is 31.8 Å². The third kappa shape index (κ3) is 6.69. The standard InChI is InChI=1S/C24H26N6O10/c1-23(2)10-14(26-22(32)18-7-5-16(28(35)36)9-20(18)30(39)40)11-24(3,12-23)13-25-21(31)17-6-4-15(27(33)34)8-19(17)29(37)38/h4-9,14H,10-13H2,1-3H3,(H,25,31)(H,26,32)/t14-,24+/m1/s1. The Bertz CT molecular complexity index is 1420. The maximum absolute atomic E-state index is 13.0. The highest BCUT2D eigenvalue weighted by molar-refractivity contribution is 5.99. The summed E-state index contributed by atoms with van der Waals surface area (Å²) in [6, 6.07) is 4.98. The molecule has 1 fully saturated rings. The maximum Gasteiger partial charge on any atom is 0.289 e. The van der Waals surface area contributed by atoms with Gasteiger partial charge in [0.15, 0.2) is 0 Å². The molecule has 1 saturated carbocycles. The van der Waals surface area contributed by atoms with Crippen LogP contribution in [-0.2, 0) is 0 Å². The summed E-state index contributed by atoms with van der Waals surface area (Å²) in [5.41, 5.74) is -4.13. The molecular weight excluding hydrogens is 532 g/mol. The van der Waals surface area contributed by atoms with E-state index in [1.807, 2.05) is 20.8 Å². The van der Waals surface area contributed by atoms with Gasteiger partial charge in [-0.15, -0.1) is 0 Å². The fourth-order valence-electron chi connectivity index (χ4n) is 5.48. The molecule has 3 rings (SSSR count). The Kier molecular flexibility index (Phi) is 8.12. The monoisotopic (exact) mass is 558 g/mol. The molecule has 0 unspecified atom stereocenters. The van der Waals surface area contributed by atoms with Gasteiger partial charge in [0.1, 0.15) is 11.1 Å². The number of carbonyl (C=O) groups excluding carboxylic acids is 2. The fourth-order valence-corrected chi connectivity index (χ4v) is 5.48. The lowest BCUT2D eigenvalue weighted by atomic mass is 9.62. The number of nitro groups is 4. The molecule has 40 heavy (non-hydrogen) atoms. The van der Waals surface area contributed by atoms with Crippen LogP contribution in [0.15, 0.2) is 36.4 Å². The van der Waals surface area contributed by atoms with Crippen molar-refractivity contribution in [2.75, 3.05) is 6.54 Å². The first-order valence-corrected chi connectivity index (χ1v) is 12.0. The van der Waals surface area contributed by atoms with Gasteiger partial charge in [0, 0.05) is 24.7 Å². The highest BCUT2D eigenvalue weighted by Crippen LogP contribution is 2.46. The Hall–Kier alpha value is -5.02. The molecule has 2 aromatic rings. The smallest absolute Gasteiger partial charge is 0.289 e. The molecule has 212 valence electrons. The van der Waals surface area contributed by atoms with Crippen molar-refractivity contribution in [1.29, 1.82) is 0 Å². The van der Waals surface area contributed by atoms with Crippen molar-refractivity contribution in [2.24, 2.45) is 10.8 Å². The van der Waals surface area contributed by atoms with E-state index in [1.165, 1.54) is 0 Å². The Morgan fingerprint density at radius 3 is 1.70 bits per heavy atom. The molecule has 0 aromatic heterocycles. The van der Waals surface area contributed by atoms with Gasteiger partial charge in [-0.2, -0.15) is 0 Å². The molecular formula is C24H26N6O10. The first-order chi connectivity index (χ1) is 18.5. The van der Waals surface area contributed by atoms with Crippen LogP contribution in [0.2, 0.25) is 0 Å². The van der Waals surface area contributed by atoms with E-state index in [9.17, 15) is 50.0 Å². The van der Waals surface area contributed by atoms with Gasteiger partial charge in [0.2, 0.25) is 0 Å². The van der Waals surface area contributed by atoms with E-state index in [2.05, 4.69) is 10.6 Å². The average molecular weight is 559 g/mol. The predicted molar refractivity (Wildman–Crippen MR) is 139 cm³/mol. The fraction of sp³-hybridized carbons (Fsp3) is 0.417. The molecule has 0 spiro atoms. The number of nitrogens with zero attached hydrogens (tertiary/aromatic N) is 4. The van der Waals surface area contributed by atoms with Crippen LogP contribution < -0.4 is 10.6 Å². The Balaban J connectivity index is 1.78. The van der Waals surface area contributed by atoms with E-state index in [0.717, 1.165) is 30.3 Å². The molecule has 0 radical (unpaired) electrons. The molecule has 0 heterocycles. The van der Waals surface area contributed by atoms with Crippen LogP contribution >= 0.6 is 0 Å². The summed E-state index contributed by atoms with van der Waals surface area (Å²) in [7, 11) is 0. The van der Waals surface area contributed by atoms with Crippen LogP contribution in [0.4, 0.5) is 22.7 Å². The van der Waals surface area contributed by atoms with Gasteiger partial charge in [-0.25, -0.2) is 0 Å². The zero-order valence-corrected chi connectivity index (χ0v) is 21.7. The maximum atomic E-state index is 13.0. The number of nitro benzene ring substituents is 4. The number of carbonyl (C=O) groups is 2. The summed E-state index contributed by atoms with van der Waals surface area (Å²) in [4.78, 5) is 67.4. The third-order valence-corrected chi connectivity index (χ3v) is 6.72. The molecule has 2 amide bonds. The van der Waals surface area contributed by atoms with Crippen LogP contribution in [0, 0.1) is 51.3 Å². The van der Waals surface area contributed by atoms with Crippen LogP contribution in [0.3, 0.4) is 0 Å². The number of amides is 2. The Labute approximate surface area is 226 Å². The lowest BCUT2D eigenvalue weighted by Crippen LogP contribution is -2.50. The second-order valence-electron chi connectivity index (χ2n) is 10.8. The summed E-state index contributed by atoms with van der Waals surface area (Å²) in [5.74, 6) is -1.58. The van der Waals surface area contributed by atoms with Crippen molar-refractivity contribution in [3.63, 3.8) is 0 Å². The van der Waals surface area contributed by atoms with E-state index in [4.69, 9.17) is 0 Å². The van der Waals surface area contributed by atoms with Gasteiger partial charge >= 0.3 is 0 Å². The van der Waals surface area contributed by atoms with Crippen LogP contribution in [-0.4, -0.2) is 44.1 Å². The van der Waals surface area contributed by atoms with E-state index >= 15 is 0 Å². The lowest BCUT2D eigenvalue weighted by molar-refractivity contribution is -0.394. The minimum Gasteiger partial charge on any atom is -0.351 e. The van der Waals surface area contributed by atoms with Crippen molar-refractivity contribution in [3.05, 3.63) is 88.0 Å². The molecule has 16 nitrogen and oxygen atoms in total. The van der Waals surface area contributed by atoms with Gasteiger partial charge in [-0.05, 0) is 42.2 Å². The minimum absolute atomic E-state index is 0.0491. The first-order valence-electron chi connectivity index (χ1n) is 12.0. The first kappa shape index (κ1) is 29.5. The molecule has 1 aliphatic rings. The second kappa shape index (κ2) is 11.0. The van der Waals surface area contributed by atoms with E-state index in [1.54, 1.807) is 0 Å². The van der Waals surface area contributed by atoms with E-state index < -0.39 is 65.7 Å². The van der Waals surface area contributed by atoms with Gasteiger partial charge in [-0.1, -0.05) is 20.8 Å². The number of non-ortho nitro benzene ring substituents is 2. The predicted octanol–water partition coefficient (Wildman–Crippen LogP) is 4.06. The van der Waals surface area contributed by atoms with Crippen LogP contribution in [0.1, 0.15) is 60.7 Å².